The van der Waals surface area contributed by atoms with Crippen LogP contribution in [-0.2, 0) is 57.7 Å². The number of piperazine rings is 4. The number of nitrogens with one attached hydrogen (secondary N) is 6. The van der Waals surface area contributed by atoms with E-state index in [1.807, 2.05) is 58.3 Å². The van der Waals surface area contributed by atoms with Crippen LogP contribution >= 0.6 is 0 Å². The predicted molar refractivity (Wildman–Crippen MR) is 507 cm³/mol. The molecule has 0 radical (unpaired) electrons. The van der Waals surface area contributed by atoms with Crippen LogP contribution in [-0.4, -0.2) is 229 Å². The lowest BCUT2D eigenvalue weighted by Gasteiger charge is -2.47. The van der Waals surface area contributed by atoms with Crippen LogP contribution in [0.25, 0.3) is 44.1 Å². The second-order valence-corrected chi connectivity index (χ2v) is 37.1. The second-order valence-electron chi connectivity index (χ2n) is 37.1. The Labute approximate surface area is 805 Å². The minimum atomic E-state index is -4.57. The zero-order valence-corrected chi connectivity index (χ0v) is 76.6. The number of piperidine rings is 2. The summed E-state index contributed by atoms with van der Waals surface area (Å²) in [6.45, 7) is 3.67. The van der Waals surface area contributed by atoms with Crippen LogP contribution in [0.4, 0.5) is 90.4 Å². The first-order chi connectivity index (χ1) is 68.4. The van der Waals surface area contributed by atoms with Crippen LogP contribution in [0.1, 0.15) is 166 Å². The van der Waals surface area contributed by atoms with Crippen molar-refractivity contribution in [1.29, 1.82) is 0 Å². The Balaban J connectivity index is 0.000000120. The quantitative estimate of drug-likeness (QED) is 0.0204. The number of halogens is 10. The number of rotatable bonds is 28. The van der Waals surface area contributed by atoms with Crippen LogP contribution in [0.2, 0.25) is 0 Å². The van der Waals surface area contributed by atoms with Gasteiger partial charge in [0.2, 0.25) is 47.4 Å². The number of aromatic nitrogens is 8. The van der Waals surface area contributed by atoms with Crippen molar-refractivity contribution >= 4 is 138 Å². The number of amides is 8. The molecule has 42 heteroatoms. The molecule has 8 unspecified atom stereocenters. The van der Waals surface area contributed by atoms with Crippen molar-refractivity contribution in [1.82, 2.24) is 58.6 Å². The Morgan fingerprint density at radius 2 is 0.627 bits per heavy atom. The van der Waals surface area contributed by atoms with E-state index in [1.165, 1.54) is 79.6 Å². The molecule has 10 aliphatic heterocycles. The van der Waals surface area contributed by atoms with Crippen molar-refractivity contribution in [3.05, 3.63) is 214 Å². The summed E-state index contributed by atoms with van der Waals surface area (Å²) in [6.07, 6.45) is -2.64. The van der Waals surface area contributed by atoms with Gasteiger partial charge in [0.1, 0.15) is 0 Å². The molecule has 12 fully saturated rings. The van der Waals surface area contributed by atoms with Gasteiger partial charge >= 0.3 is 12.4 Å². The first-order valence-electron chi connectivity index (χ1n) is 47.5. The van der Waals surface area contributed by atoms with Gasteiger partial charge < -0.3 is 68.9 Å². The molecule has 744 valence electrons. The fourth-order valence-electron chi connectivity index (χ4n) is 20.5. The van der Waals surface area contributed by atoms with Crippen molar-refractivity contribution < 1.29 is 103 Å². The average Bonchev–Trinajstić information content (AvgIpc) is 1.53. The molecule has 4 aromatic heterocycles. The summed E-state index contributed by atoms with van der Waals surface area (Å²) < 4.78 is 138. The van der Waals surface area contributed by atoms with Crippen LogP contribution in [0.5, 0.6) is 0 Å². The van der Waals surface area contributed by atoms with Crippen molar-refractivity contribution in [2.75, 3.05) is 93.5 Å². The van der Waals surface area contributed by atoms with E-state index in [-0.39, 0.29) is 137 Å². The monoisotopic (exact) mass is 1960 g/mol. The molecule has 10 N–H and O–H groups in total. The number of anilines is 8. The van der Waals surface area contributed by atoms with E-state index in [0.717, 1.165) is 110 Å². The van der Waals surface area contributed by atoms with E-state index < -0.39 is 60.0 Å². The maximum atomic E-state index is 13.4. The zero-order chi connectivity index (χ0) is 99.4. The summed E-state index contributed by atoms with van der Waals surface area (Å²) in [5.74, 6) is -1.48. The van der Waals surface area contributed by atoms with E-state index in [9.17, 15) is 103 Å². The van der Waals surface area contributed by atoms with Gasteiger partial charge in [-0.2, -0.15) is 26.3 Å². The third kappa shape index (κ3) is 20.1. The number of aliphatic hydroxyl groups excluding tert-OH is 4. The van der Waals surface area contributed by atoms with Gasteiger partial charge in [-0.1, -0.05) is 36.4 Å². The molecule has 32 nitrogen and oxygen atoms in total. The van der Waals surface area contributed by atoms with E-state index in [1.54, 1.807) is 52.3 Å². The number of hydrogen-bond acceptors (Lipinski definition) is 20. The number of benzene rings is 8. The highest BCUT2D eigenvalue weighted by molar-refractivity contribution is 6.09. The van der Waals surface area contributed by atoms with Gasteiger partial charge in [-0.05, 0) is 223 Å². The van der Waals surface area contributed by atoms with Gasteiger partial charge in [0.25, 0.3) is 36.5 Å². The molecular weight excluding hydrogens is 1860 g/mol. The number of aryl methyl sites for hydroxylation is 4. The third-order valence-corrected chi connectivity index (χ3v) is 27.7. The lowest BCUT2D eigenvalue weighted by atomic mass is 9.90. The van der Waals surface area contributed by atoms with Gasteiger partial charge in [-0.3, -0.25) is 69.4 Å². The topological polar surface area (TPSA) is 380 Å². The molecule has 14 heterocycles. The average molecular weight is 1970 g/mol. The Morgan fingerprint density at radius 1 is 0.352 bits per heavy atom. The van der Waals surface area contributed by atoms with Crippen molar-refractivity contribution in [3.63, 3.8) is 0 Å². The summed E-state index contributed by atoms with van der Waals surface area (Å²) in [5.41, 5.74) is 5.65. The minimum absolute atomic E-state index is 0.000337. The number of hydrogen-bond donors (Lipinski definition) is 10. The Bertz CT molecular complexity index is 6850. The molecule has 8 bridgehead atoms. The van der Waals surface area contributed by atoms with E-state index in [4.69, 9.17) is 0 Å². The van der Waals surface area contributed by atoms with Gasteiger partial charge in [-0.25, -0.2) is 37.5 Å². The molecule has 12 aromatic rings. The first kappa shape index (κ1) is 97.2. The molecule has 12 aliphatic rings. The first-order valence-corrected chi connectivity index (χ1v) is 47.5. The van der Waals surface area contributed by atoms with E-state index in [0.29, 0.717) is 147 Å². The molecule has 24 rings (SSSR count). The number of nitrogens with zero attached hydrogens (tertiary/aromatic N) is 14. The number of alkyl halides is 10. The molecule has 2 saturated carbocycles. The smallest absolute Gasteiger partial charge is 0.396 e. The van der Waals surface area contributed by atoms with Crippen LogP contribution in [0.15, 0.2) is 170 Å². The molecule has 8 aromatic carbocycles. The number of carbonyl (C=O) groups excluding carboxylic acids is 8. The third-order valence-electron chi connectivity index (χ3n) is 27.7. The predicted octanol–water partition coefficient (Wildman–Crippen LogP) is 13.4. The highest BCUT2D eigenvalue weighted by Crippen LogP contribution is 2.46. The SMILES string of the molecule is O=C(Nc1nc2cc(N3CC4CC(N4)C3=O)ccc2n1CCCO)c1cccc(C(F)(F)F)c1.O=C(Nc1nc2cc(N3CC4CC(N4)C3=O)ccc2n1CCCO)c1cccc(C(F)F)c1.O=C(Nc1nc2cc(N3CC4CCC(C3=O)N4C3CC3)ccc2n1CCCO)c1cccc(C(F)(F)F)c1.O=C(Nc1nc2cc(N3CC4CCC(C3=O)N4C3CC3)ccc2n1CCCO)c1cccc(C(F)F)c1. The Hall–Kier alpha value is -13.6. The van der Waals surface area contributed by atoms with Crippen LogP contribution < -0.4 is 51.5 Å². The van der Waals surface area contributed by atoms with Crippen LogP contribution in [0, 0.1) is 0 Å². The summed E-state index contributed by atoms with van der Waals surface area (Å²) in [6, 6.07) is 42.9. The molecule has 10 saturated heterocycles. The fraction of sp³-hybridized carbons (Fsp3) is 0.400. The number of imidazole rings is 4. The highest BCUT2D eigenvalue weighted by Gasteiger charge is 2.54. The largest absolute Gasteiger partial charge is 0.416 e. The van der Waals surface area contributed by atoms with Gasteiger partial charge in [-0.15, -0.1) is 0 Å². The highest BCUT2D eigenvalue weighted by atomic mass is 19.4. The maximum absolute atomic E-state index is 13.4. The molecule has 2 aliphatic carbocycles. The summed E-state index contributed by atoms with van der Waals surface area (Å²) in [5, 5.41) is 54.5. The number of carbonyl (C=O) groups is 8. The lowest BCUT2D eigenvalue weighted by Crippen LogP contribution is -2.70. The molecule has 142 heavy (non-hydrogen) atoms. The molecular formula is C100H102F10N20O12. The van der Waals surface area contributed by atoms with E-state index >= 15 is 0 Å². The van der Waals surface area contributed by atoms with Crippen LogP contribution in [0.3, 0.4) is 0 Å². The Morgan fingerprint density at radius 3 is 0.894 bits per heavy atom. The van der Waals surface area contributed by atoms with Gasteiger partial charge in [0, 0.05) is 171 Å². The molecule has 0 spiro atoms. The number of fused-ring (bicyclic) bond motifs is 12. The van der Waals surface area contributed by atoms with Gasteiger partial charge in [0.05, 0.1) is 79.4 Å². The van der Waals surface area contributed by atoms with Crippen molar-refractivity contribution in [2.24, 2.45) is 0 Å². The van der Waals surface area contributed by atoms with Crippen molar-refractivity contribution in [3.8, 4) is 0 Å². The Kier molecular flexibility index (Phi) is 27.7. The fourth-order valence-corrected chi connectivity index (χ4v) is 20.5. The number of aliphatic hydroxyl groups is 4. The van der Waals surface area contributed by atoms with Crippen molar-refractivity contribution in [2.45, 2.75) is 202 Å². The standard InChI is InChI=1S/C27H28F3N5O3.C27H29F2N5O3.C23H22F3N5O3.C23H23F2N5O3/c28-27(29,30)17-4-1-3-16(13-17)24(37)32-26-31-21-14-19(7-9-22(21)33(26)11-2-12-36)34-15-20-8-10-23(25(34)38)35(20)18-5-6-18;28-24(29)16-3-1-4-17(13-16)25(36)31-27-30-21-14-19(7-9-22(21)32(27)11-2-12-35)33-15-20-8-10-23(26(33)37)34(20)18-5-6-18;24-23(25,26)14-4-1-3-13(9-14)20(33)29-22-28-17-11-16(5-6-19(17)30(22)7-2-8-32)31-12-15-10-18(27-15)21(31)34;24-20(25)13-3-1-4-14(9-13)21(32)28-23-27-17-11-16(5-6-19(17)29(23)7-2-8-31)30-12-15-10-18(26-15)22(30)33/h1,3-4,7,9,13-14,18,20,23,36H,2,5-6,8,10-12,15H2,(H,31,32,37);1,3-4,7,9,13-14,18,20,23-24,35H,2,5-6,8,10-12,15H2,(H,30,31,36);1,3-6,9,11,15,18,27,32H,2,7-8,10,12H2,(H,28,29,33);1,3-6,9,11,15,18,20,26,31H,2,7-8,10,12H2,(H,27,28,32). The lowest BCUT2D eigenvalue weighted by molar-refractivity contribution is -0.138. The van der Waals surface area contributed by atoms with E-state index in [2.05, 4.69) is 61.6 Å². The summed E-state index contributed by atoms with van der Waals surface area (Å²) >= 11 is 0. The second kappa shape index (κ2) is 40.4. The summed E-state index contributed by atoms with van der Waals surface area (Å²) in [4.78, 5) is 133. The minimum Gasteiger partial charge on any atom is -0.396 e. The maximum Gasteiger partial charge on any atom is 0.416 e. The normalized spacial score (nSPS) is 20.9. The zero-order valence-electron chi connectivity index (χ0n) is 76.6. The summed E-state index contributed by atoms with van der Waals surface area (Å²) in [7, 11) is 0. The molecule has 8 amide bonds. The van der Waals surface area contributed by atoms with Gasteiger partial charge in [0.15, 0.2) is 0 Å². The molecule has 8 atom stereocenters.